The van der Waals surface area contributed by atoms with E-state index < -0.39 is 0 Å². The summed E-state index contributed by atoms with van der Waals surface area (Å²) in [5.41, 5.74) is 1.58. The van der Waals surface area contributed by atoms with Gasteiger partial charge in [0.05, 0.1) is 5.41 Å². The molecule has 0 spiro atoms. The van der Waals surface area contributed by atoms with Gasteiger partial charge in [0, 0.05) is 20.0 Å². The Bertz CT molecular complexity index is 790. The number of unbranched alkanes of at least 4 members (excludes halogenated alkanes) is 2. The van der Waals surface area contributed by atoms with Crippen molar-refractivity contribution >= 4 is 17.5 Å². The summed E-state index contributed by atoms with van der Waals surface area (Å²) in [6.07, 6.45) is 9.44. The SMILES string of the molecule is CC(=O)NCCCCCNC(=O)C12CC3CC(C1)CC(c1ccc(N=O)cc1)(C3)C2. The predicted molar refractivity (Wildman–Crippen MR) is 116 cm³/mol. The zero-order chi connectivity index (χ0) is 21.2. The van der Waals surface area contributed by atoms with Crippen LogP contribution in [-0.2, 0) is 15.0 Å². The summed E-state index contributed by atoms with van der Waals surface area (Å²) in [5.74, 6) is 1.50. The number of nitrogens with zero attached hydrogens (tertiary/aromatic N) is 1. The van der Waals surface area contributed by atoms with Crippen LogP contribution in [0.5, 0.6) is 0 Å². The molecular weight excluding hydrogens is 378 g/mol. The Labute approximate surface area is 178 Å². The summed E-state index contributed by atoms with van der Waals surface area (Å²) in [5, 5.41) is 9.09. The Morgan fingerprint density at radius 3 is 2.20 bits per heavy atom. The van der Waals surface area contributed by atoms with Gasteiger partial charge in [0.2, 0.25) is 11.8 Å². The van der Waals surface area contributed by atoms with Gasteiger partial charge in [0.15, 0.2) is 0 Å². The van der Waals surface area contributed by atoms with Gasteiger partial charge in [0.1, 0.15) is 5.69 Å². The molecule has 2 unspecified atom stereocenters. The van der Waals surface area contributed by atoms with Gasteiger partial charge >= 0.3 is 0 Å². The molecule has 1 aromatic rings. The Balaban J connectivity index is 1.38. The number of carbonyl (C=O) groups is 2. The zero-order valence-corrected chi connectivity index (χ0v) is 17.9. The van der Waals surface area contributed by atoms with E-state index in [0.717, 1.165) is 51.4 Å². The average molecular weight is 412 g/mol. The van der Waals surface area contributed by atoms with Gasteiger partial charge in [-0.05, 0) is 97.9 Å². The van der Waals surface area contributed by atoms with Crippen molar-refractivity contribution in [3.63, 3.8) is 0 Å². The molecule has 0 aliphatic heterocycles. The molecule has 5 rings (SSSR count). The van der Waals surface area contributed by atoms with Crippen LogP contribution in [0.15, 0.2) is 29.4 Å². The van der Waals surface area contributed by atoms with Crippen LogP contribution in [0.25, 0.3) is 0 Å². The average Bonchev–Trinajstić information content (AvgIpc) is 2.72. The summed E-state index contributed by atoms with van der Waals surface area (Å²) >= 11 is 0. The third-order valence-corrected chi connectivity index (χ3v) is 7.64. The molecule has 4 aliphatic carbocycles. The van der Waals surface area contributed by atoms with E-state index >= 15 is 0 Å². The molecule has 6 heteroatoms. The minimum Gasteiger partial charge on any atom is -0.356 e. The summed E-state index contributed by atoms with van der Waals surface area (Å²) in [6, 6.07) is 7.75. The highest BCUT2D eigenvalue weighted by atomic mass is 16.3. The molecule has 4 bridgehead atoms. The normalized spacial score (nSPS) is 31.4. The van der Waals surface area contributed by atoms with E-state index in [9.17, 15) is 14.5 Å². The summed E-state index contributed by atoms with van der Waals surface area (Å²) in [4.78, 5) is 35.0. The molecule has 2 N–H and O–H groups in total. The molecule has 4 fully saturated rings. The van der Waals surface area contributed by atoms with E-state index in [2.05, 4.69) is 27.9 Å². The van der Waals surface area contributed by atoms with Gasteiger partial charge < -0.3 is 10.6 Å². The molecule has 0 heterocycles. The van der Waals surface area contributed by atoms with Crippen LogP contribution < -0.4 is 10.6 Å². The number of nitroso groups, excluding NO2 is 1. The zero-order valence-electron chi connectivity index (χ0n) is 17.9. The van der Waals surface area contributed by atoms with Gasteiger partial charge in [-0.25, -0.2) is 0 Å². The minimum absolute atomic E-state index is 0.0103. The number of rotatable bonds is 9. The second-order valence-corrected chi connectivity index (χ2v) is 9.96. The molecule has 2 atom stereocenters. The van der Waals surface area contributed by atoms with Crippen molar-refractivity contribution in [2.75, 3.05) is 13.1 Å². The maximum Gasteiger partial charge on any atom is 0.226 e. The lowest BCUT2D eigenvalue weighted by molar-refractivity contribution is -0.149. The van der Waals surface area contributed by atoms with E-state index in [1.165, 1.54) is 18.9 Å². The Morgan fingerprint density at radius 1 is 0.967 bits per heavy atom. The first-order chi connectivity index (χ1) is 14.4. The molecule has 6 nitrogen and oxygen atoms in total. The highest BCUT2D eigenvalue weighted by Gasteiger charge is 2.60. The number of carbonyl (C=O) groups excluding carboxylic acids is 2. The van der Waals surface area contributed by atoms with E-state index in [1.54, 1.807) is 0 Å². The molecule has 0 saturated heterocycles. The smallest absolute Gasteiger partial charge is 0.226 e. The molecule has 4 saturated carbocycles. The van der Waals surface area contributed by atoms with Crippen molar-refractivity contribution in [1.29, 1.82) is 0 Å². The lowest BCUT2D eigenvalue weighted by Gasteiger charge is -2.61. The first-order valence-electron chi connectivity index (χ1n) is 11.4. The van der Waals surface area contributed by atoms with Gasteiger partial charge in [-0.15, -0.1) is 4.91 Å². The van der Waals surface area contributed by atoms with Gasteiger partial charge in [-0.2, -0.15) is 0 Å². The number of benzene rings is 1. The third kappa shape index (κ3) is 4.14. The fraction of sp³-hybridized carbons (Fsp3) is 0.667. The lowest BCUT2D eigenvalue weighted by atomic mass is 9.42. The maximum absolute atomic E-state index is 13.3. The number of amides is 2. The highest BCUT2D eigenvalue weighted by molar-refractivity contribution is 5.83. The largest absolute Gasteiger partial charge is 0.356 e. The van der Waals surface area contributed by atoms with Crippen LogP contribution >= 0.6 is 0 Å². The summed E-state index contributed by atoms with van der Waals surface area (Å²) < 4.78 is 0. The van der Waals surface area contributed by atoms with Crippen molar-refractivity contribution in [2.45, 2.75) is 70.1 Å². The minimum atomic E-state index is -0.234. The molecular formula is C24H33N3O3. The lowest BCUT2D eigenvalue weighted by Crippen LogP contribution is -2.59. The predicted octanol–water partition coefficient (Wildman–Crippen LogP) is 4.35. The molecule has 2 amide bonds. The molecule has 162 valence electrons. The summed E-state index contributed by atoms with van der Waals surface area (Å²) in [6.45, 7) is 2.95. The van der Waals surface area contributed by atoms with E-state index in [-0.39, 0.29) is 22.6 Å². The van der Waals surface area contributed by atoms with E-state index in [0.29, 0.717) is 30.6 Å². The fourth-order valence-electron chi connectivity index (χ4n) is 6.82. The summed E-state index contributed by atoms with van der Waals surface area (Å²) in [7, 11) is 0. The molecule has 0 aromatic heterocycles. The number of hydrogen-bond acceptors (Lipinski definition) is 4. The van der Waals surface area contributed by atoms with Crippen molar-refractivity contribution in [3.8, 4) is 0 Å². The molecule has 4 aliphatic rings. The van der Waals surface area contributed by atoms with Crippen molar-refractivity contribution in [1.82, 2.24) is 10.6 Å². The van der Waals surface area contributed by atoms with E-state index in [1.807, 2.05) is 12.1 Å². The Kier molecular flexibility index (Phi) is 5.94. The quantitative estimate of drug-likeness (QED) is 0.468. The van der Waals surface area contributed by atoms with Crippen LogP contribution in [0, 0.1) is 22.2 Å². The van der Waals surface area contributed by atoms with Gasteiger partial charge in [0.25, 0.3) is 0 Å². The maximum atomic E-state index is 13.3. The standard InChI is InChI=1S/C24H33N3O3/c1-17(28)25-9-3-2-4-10-26-22(29)24-14-18-11-19(15-24)13-23(12-18,16-24)20-5-7-21(27-30)8-6-20/h5-8,18-19H,2-4,9-16H2,1H3,(H,25,28)(H,26,29). The first kappa shape index (κ1) is 21.0. The number of nitrogens with one attached hydrogen (secondary N) is 2. The van der Waals surface area contributed by atoms with Gasteiger partial charge in [-0.3, -0.25) is 9.59 Å². The van der Waals surface area contributed by atoms with Crippen LogP contribution in [0.2, 0.25) is 0 Å². The van der Waals surface area contributed by atoms with Crippen LogP contribution in [0.3, 0.4) is 0 Å². The number of hydrogen-bond donors (Lipinski definition) is 2. The Morgan fingerprint density at radius 2 is 1.60 bits per heavy atom. The van der Waals surface area contributed by atoms with Crippen LogP contribution in [-0.4, -0.2) is 24.9 Å². The Hall–Kier alpha value is -2.24. The molecule has 1 aromatic carbocycles. The highest BCUT2D eigenvalue weighted by Crippen LogP contribution is 2.65. The third-order valence-electron chi connectivity index (χ3n) is 7.64. The van der Waals surface area contributed by atoms with Crippen molar-refractivity contribution < 1.29 is 9.59 Å². The van der Waals surface area contributed by atoms with Crippen molar-refractivity contribution in [2.24, 2.45) is 22.4 Å². The fourth-order valence-corrected chi connectivity index (χ4v) is 6.82. The second kappa shape index (κ2) is 8.48. The van der Waals surface area contributed by atoms with Gasteiger partial charge in [-0.1, -0.05) is 12.1 Å². The second-order valence-electron chi connectivity index (χ2n) is 9.96. The van der Waals surface area contributed by atoms with Crippen molar-refractivity contribution in [3.05, 3.63) is 34.7 Å². The van der Waals surface area contributed by atoms with Crippen LogP contribution in [0.1, 0.15) is 70.3 Å². The monoisotopic (exact) mass is 411 g/mol. The first-order valence-corrected chi connectivity index (χ1v) is 11.4. The molecule has 0 radical (unpaired) electrons. The topological polar surface area (TPSA) is 87.6 Å². The van der Waals surface area contributed by atoms with Crippen LogP contribution in [0.4, 0.5) is 5.69 Å². The van der Waals surface area contributed by atoms with E-state index in [4.69, 9.17) is 0 Å². The molecule has 30 heavy (non-hydrogen) atoms.